The van der Waals surface area contributed by atoms with E-state index in [1.807, 2.05) is 4.90 Å². The molecule has 0 radical (unpaired) electrons. The minimum atomic E-state index is 0. The first kappa shape index (κ1) is 15.7. The number of rotatable bonds is 5. The van der Waals surface area contributed by atoms with Crippen molar-refractivity contribution < 1.29 is 4.79 Å². The Bertz CT molecular complexity index is 193. The van der Waals surface area contributed by atoms with Gasteiger partial charge in [0.1, 0.15) is 0 Å². The van der Waals surface area contributed by atoms with Gasteiger partial charge < -0.3 is 10.2 Å². The van der Waals surface area contributed by atoms with Crippen molar-refractivity contribution in [3.63, 3.8) is 0 Å². The smallest absolute Gasteiger partial charge is 0.225 e. The lowest BCUT2D eigenvalue weighted by molar-refractivity contribution is -0.136. The van der Waals surface area contributed by atoms with E-state index in [9.17, 15) is 4.79 Å². The van der Waals surface area contributed by atoms with E-state index >= 15 is 0 Å². The number of nitrogens with zero attached hydrogens (tertiary/aromatic N) is 1. The lowest BCUT2D eigenvalue weighted by atomic mass is 9.97. The second-order valence-electron chi connectivity index (χ2n) is 4.32. The zero-order chi connectivity index (χ0) is 11.1. The summed E-state index contributed by atoms with van der Waals surface area (Å²) in [5.74, 6) is 0.649. The number of nitrogens with one attached hydrogen (secondary N) is 1. The number of halogens is 1. The predicted octanol–water partition coefficient (Wildman–Crippen LogP) is 2.06. The minimum Gasteiger partial charge on any atom is -0.340 e. The Hall–Kier alpha value is -0.280. The molecule has 0 aromatic heterocycles. The molecule has 1 saturated heterocycles. The summed E-state index contributed by atoms with van der Waals surface area (Å²) in [5, 5.41) is 3.28. The Kier molecular flexibility index (Phi) is 8.67. The summed E-state index contributed by atoms with van der Waals surface area (Å²) >= 11 is 0. The van der Waals surface area contributed by atoms with Gasteiger partial charge in [0.05, 0.1) is 0 Å². The first-order valence-corrected chi connectivity index (χ1v) is 6.29. The zero-order valence-electron chi connectivity index (χ0n) is 10.5. The molecule has 0 spiro atoms. The average Bonchev–Trinajstić information content (AvgIpc) is 2.31. The fourth-order valence-electron chi connectivity index (χ4n) is 2.10. The summed E-state index contributed by atoms with van der Waals surface area (Å²) in [6.45, 7) is 8.00. The molecule has 0 bridgehead atoms. The molecule has 96 valence electrons. The largest absolute Gasteiger partial charge is 0.340 e. The van der Waals surface area contributed by atoms with Gasteiger partial charge in [-0.05, 0) is 12.8 Å². The number of hydrogen-bond acceptors (Lipinski definition) is 2. The molecule has 0 aliphatic carbocycles. The molecular weight excluding hydrogens is 224 g/mol. The van der Waals surface area contributed by atoms with Crippen LogP contribution in [0.2, 0.25) is 0 Å². The second kappa shape index (κ2) is 8.82. The highest BCUT2D eigenvalue weighted by molar-refractivity contribution is 5.85. The molecule has 1 amide bonds. The maximum atomic E-state index is 12.1. The predicted molar refractivity (Wildman–Crippen MR) is 70.0 cm³/mol. The third-order valence-corrected chi connectivity index (χ3v) is 3.18. The maximum Gasteiger partial charge on any atom is 0.225 e. The summed E-state index contributed by atoms with van der Waals surface area (Å²) < 4.78 is 0. The van der Waals surface area contributed by atoms with E-state index in [4.69, 9.17) is 0 Å². The number of amides is 1. The van der Waals surface area contributed by atoms with E-state index in [-0.39, 0.29) is 18.3 Å². The number of carbonyl (C=O) groups is 1. The van der Waals surface area contributed by atoms with Gasteiger partial charge in [0.15, 0.2) is 0 Å². The van der Waals surface area contributed by atoms with Crippen LogP contribution in [0.5, 0.6) is 0 Å². The van der Waals surface area contributed by atoms with Gasteiger partial charge in [0, 0.05) is 32.1 Å². The average molecular weight is 249 g/mol. The SMILES string of the molecule is CCCCC(CC)C(=O)N1CCNCC1.Cl. The van der Waals surface area contributed by atoms with E-state index in [1.54, 1.807) is 0 Å². The molecule has 16 heavy (non-hydrogen) atoms. The van der Waals surface area contributed by atoms with Crippen LogP contribution in [0.15, 0.2) is 0 Å². The molecule has 1 unspecified atom stereocenters. The van der Waals surface area contributed by atoms with Gasteiger partial charge in [0.2, 0.25) is 5.91 Å². The van der Waals surface area contributed by atoms with Crippen molar-refractivity contribution in [1.29, 1.82) is 0 Å². The summed E-state index contributed by atoms with van der Waals surface area (Å²) in [7, 11) is 0. The Labute approximate surface area is 105 Å². The lowest BCUT2D eigenvalue weighted by Crippen LogP contribution is -2.48. The molecule has 3 nitrogen and oxygen atoms in total. The molecule has 1 aliphatic rings. The van der Waals surface area contributed by atoms with Crippen LogP contribution in [0.4, 0.5) is 0 Å². The molecule has 0 saturated carbocycles. The van der Waals surface area contributed by atoms with Crippen LogP contribution in [0.3, 0.4) is 0 Å². The van der Waals surface area contributed by atoms with Crippen molar-refractivity contribution in [3.8, 4) is 0 Å². The highest BCUT2D eigenvalue weighted by Crippen LogP contribution is 2.16. The Balaban J connectivity index is 0.00000225. The molecule has 1 fully saturated rings. The van der Waals surface area contributed by atoms with E-state index in [0.717, 1.165) is 39.0 Å². The lowest BCUT2D eigenvalue weighted by Gasteiger charge is -2.30. The van der Waals surface area contributed by atoms with E-state index in [2.05, 4.69) is 19.2 Å². The van der Waals surface area contributed by atoms with Crippen LogP contribution in [0.25, 0.3) is 0 Å². The third-order valence-electron chi connectivity index (χ3n) is 3.18. The molecular formula is C12H25ClN2O. The maximum absolute atomic E-state index is 12.1. The van der Waals surface area contributed by atoms with Crippen molar-refractivity contribution >= 4 is 18.3 Å². The Morgan fingerprint density at radius 3 is 2.44 bits per heavy atom. The monoisotopic (exact) mass is 248 g/mol. The molecule has 1 rings (SSSR count). The molecule has 0 aromatic rings. The molecule has 1 N–H and O–H groups in total. The zero-order valence-corrected chi connectivity index (χ0v) is 11.3. The summed E-state index contributed by atoms with van der Waals surface area (Å²) in [5.41, 5.74) is 0. The topological polar surface area (TPSA) is 32.3 Å². The van der Waals surface area contributed by atoms with E-state index in [0.29, 0.717) is 5.91 Å². The summed E-state index contributed by atoms with van der Waals surface area (Å²) in [6, 6.07) is 0. The Morgan fingerprint density at radius 1 is 1.31 bits per heavy atom. The molecule has 4 heteroatoms. The number of piperazine rings is 1. The van der Waals surface area contributed by atoms with Crippen LogP contribution in [-0.4, -0.2) is 37.0 Å². The van der Waals surface area contributed by atoms with Crippen LogP contribution < -0.4 is 5.32 Å². The van der Waals surface area contributed by atoms with Crippen molar-refractivity contribution in [3.05, 3.63) is 0 Å². The highest BCUT2D eigenvalue weighted by atomic mass is 35.5. The first-order chi connectivity index (χ1) is 7.29. The van der Waals surface area contributed by atoms with Crippen LogP contribution in [0, 0.1) is 5.92 Å². The van der Waals surface area contributed by atoms with Gasteiger partial charge in [-0.15, -0.1) is 12.4 Å². The number of unbranched alkanes of at least 4 members (excludes halogenated alkanes) is 1. The van der Waals surface area contributed by atoms with Gasteiger partial charge in [-0.25, -0.2) is 0 Å². The van der Waals surface area contributed by atoms with Crippen molar-refractivity contribution in [2.75, 3.05) is 26.2 Å². The van der Waals surface area contributed by atoms with Gasteiger partial charge in [-0.1, -0.05) is 26.7 Å². The standard InChI is InChI=1S/C12H24N2O.ClH/c1-3-5-6-11(4-2)12(15)14-9-7-13-8-10-14;/h11,13H,3-10H2,1-2H3;1H. The van der Waals surface area contributed by atoms with Gasteiger partial charge in [0.25, 0.3) is 0 Å². The number of carbonyl (C=O) groups excluding carboxylic acids is 1. The fourth-order valence-corrected chi connectivity index (χ4v) is 2.10. The van der Waals surface area contributed by atoms with E-state index in [1.165, 1.54) is 12.8 Å². The number of hydrogen-bond donors (Lipinski definition) is 1. The van der Waals surface area contributed by atoms with Crippen molar-refractivity contribution in [1.82, 2.24) is 10.2 Å². The highest BCUT2D eigenvalue weighted by Gasteiger charge is 2.23. The van der Waals surface area contributed by atoms with Gasteiger partial charge in [-0.2, -0.15) is 0 Å². The minimum absolute atomic E-state index is 0. The third kappa shape index (κ3) is 4.71. The van der Waals surface area contributed by atoms with Crippen molar-refractivity contribution in [2.45, 2.75) is 39.5 Å². The normalized spacial score (nSPS) is 17.8. The van der Waals surface area contributed by atoms with Crippen LogP contribution in [-0.2, 0) is 4.79 Å². The summed E-state index contributed by atoms with van der Waals surface area (Å²) in [6.07, 6.45) is 4.42. The van der Waals surface area contributed by atoms with Gasteiger partial charge in [-0.3, -0.25) is 4.79 Å². The molecule has 0 aromatic carbocycles. The molecule has 1 aliphatic heterocycles. The van der Waals surface area contributed by atoms with Crippen LogP contribution >= 0.6 is 12.4 Å². The molecule has 1 atom stereocenters. The van der Waals surface area contributed by atoms with Crippen molar-refractivity contribution in [2.24, 2.45) is 5.92 Å². The second-order valence-corrected chi connectivity index (χ2v) is 4.32. The Morgan fingerprint density at radius 2 is 1.94 bits per heavy atom. The van der Waals surface area contributed by atoms with E-state index < -0.39 is 0 Å². The fraction of sp³-hybridized carbons (Fsp3) is 0.917. The molecule has 1 heterocycles. The first-order valence-electron chi connectivity index (χ1n) is 6.29. The van der Waals surface area contributed by atoms with Crippen LogP contribution in [0.1, 0.15) is 39.5 Å². The summed E-state index contributed by atoms with van der Waals surface area (Å²) in [4.78, 5) is 14.2. The quantitative estimate of drug-likeness (QED) is 0.808. The van der Waals surface area contributed by atoms with Gasteiger partial charge >= 0.3 is 0 Å².